The van der Waals surface area contributed by atoms with Gasteiger partial charge in [0.25, 0.3) is 5.91 Å². The normalized spacial score (nSPS) is 12.9. The van der Waals surface area contributed by atoms with Gasteiger partial charge in [-0.1, -0.05) is 66.7 Å². The van der Waals surface area contributed by atoms with Crippen molar-refractivity contribution >= 4 is 34.2 Å². The van der Waals surface area contributed by atoms with Gasteiger partial charge >= 0.3 is 0 Å². The van der Waals surface area contributed by atoms with Crippen LogP contribution in [0.2, 0.25) is 0 Å². The Balaban J connectivity index is 1.57. The lowest BCUT2D eigenvalue weighted by Crippen LogP contribution is -2.35. The van der Waals surface area contributed by atoms with Gasteiger partial charge in [0, 0.05) is 5.69 Å². The number of amides is 1. The van der Waals surface area contributed by atoms with Crippen LogP contribution in [0.1, 0.15) is 19.4 Å². The highest BCUT2D eigenvalue weighted by Gasteiger charge is 2.12. The summed E-state index contributed by atoms with van der Waals surface area (Å²) in [5.74, 6) is -0.185. The van der Waals surface area contributed by atoms with Gasteiger partial charge in [0.05, 0.1) is 5.71 Å². The summed E-state index contributed by atoms with van der Waals surface area (Å²) in [4.78, 5) is 12.3. The van der Waals surface area contributed by atoms with E-state index in [4.69, 9.17) is 0 Å². The van der Waals surface area contributed by atoms with Crippen molar-refractivity contribution in [3.8, 4) is 0 Å². The van der Waals surface area contributed by atoms with Crippen molar-refractivity contribution in [3.63, 3.8) is 0 Å². The number of hydrazone groups is 1. The Morgan fingerprint density at radius 3 is 2.44 bits per heavy atom. The Labute approximate surface area is 159 Å². The Bertz CT molecular complexity index is 977. The molecule has 0 saturated heterocycles. The minimum Gasteiger partial charge on any atom is -0.374 e. The lowest BCUT2D eigenvalue weighted by molar-refractivity contribution is -0.121. The summed E-state index contributed by atoms with van der Waals surface area (Å²) in [6, 6.07) is 23.7. The summed E-state index contributed by atoms with van der Waals surface area (Å²) in [7, 11) is 0. The van der Waals surface area contributed by atoms with Crippen molar-refractivity contribution < 1.29 is 4.79 Å². The van der Waals surface area contributed by atoms with Gasteiger partial charge in [0.1, 0.15) is 6.04 Å². The number of anilines is 1. The van der Waals surface area contributed by atoms with E-state index in [0.29, 0.717) is 0 Å². The van der Waals surface area contributed by atoms with E-state index in [9.17, 15) is 4.79 Å². The summed E-state index contributed by atoms with van der Waals surface area (Å²) < 4.78 is 0. The molecule has 2 N–H and O–H groups in total. The first-order chi connectivity index (χ1) is 13.1. The minimum absolute atomic E-state index is 0.185. The molecule has 4 heteroatoms. The number of benzene rings is 3. The van der Waals surface area contributed by atoms with E-state index in [1.807, 2.05) is 86.7 Å². The molecule has 3 rings (SSSR count). The number of nitrogens with one attached hydrogen (secondary N) is 2. The highest BCUT2D eigenvalue weighted by atomic mass is 16.2. The number of hydrogen-bond donors (Lipinski definition) is 2. The van der Waals surface area contributed by atoms with Crippen molar-refractivity contribution in [1.29, 1.82) is 0 Å². The second kappa shape index (κ2) is 8.81. The molecule has 0 bridgehead atoms. The molecular weight excluding hydrogens is 334 g/mol. The number of nitrogens with zero attached hydrogens (tertiary/aromatic N) is 1. The first-order valence-electron chi connectivity index (χ1n) is 8.94. The second-order valence-corrected chi connectivity index (χ2v) is 6.40. The third kappa shape index (κ3) is 5.28. The van der Waals surface area contributed by atoms with Crippen LogP contribution in [0.15, 0.2) is 84.0 Å². The van der Waals surface area contributed by atoms with E-state index in [1.54, 1.807) is 0 Å². The summed E-state index contributed by atoms with van der Waals surface area (Å²) in [6.45, 7) is 3.66. The Morgan fingerprint density at radius 2 is 1.67 bits per heavy atom. The van der Waals surface area contributed by atoms with Crippen molar-refractivity contribution in [2.75, 3.05) is 5.32 Å². The zero-order valence-corrected chi connectivity index (χ0v) is 15.5. The molecule has 0 aliphatic carbocycles. The average molecular weight is 357 g/mol. The highest BCUT2D eigenvalue weighted by Crippen LogP contribution is 2.19. The molecule has 0 aromatic heterocycles. The van der Waals surface area contributed by atoms with E-state index < -0.39 is 6.04 Å². The third-order valence-corrected chi connectivity index (χ3v) is 4.18. The van der Waals surface area contributed by atoms with Gasteiger partial charge < -0.3 is 5.32 Å². The fraction of sp³-hybridized carbons (Fsp3) is 0.130. The molecule has 27 heavy (non-hydrogen) atoms. The van der Waals surface area contributed by atoms with Gasteiger partial charge in [0.15, 0.2) is 0 Å². The standard InChI is InChI=1S/C23H23N3O/c1-17(12-13-19-8-4-3-5-9-19)25-26-23(27)18(2)24-22-15-14-20-10-6-7-11-21(20)16-22/h3-16,18,24H,1-2H3,(H,26,27)/b13-12+,25-17-/t18-/m0/s1. The van der Waals surface area contributed by atoms with Crippen molar-refractivity contribution in [2.45, 2.75) is 19.9 Å². The van der Waals surface area contributed by atoms with Crippen LogP contribution in [-0.2, 0) is 4.79 Å². The SMILES string of the molecule is CC(/C=C/c1ccccc1)=N/NC(=O)[C@H](C)Nc1ccc2ccccc2c1. The third-order valence-electron chi connectivity index (χ3n) is 4.18. The molecule has 0 spiro atoms. The molecule has 3 aromatic carbocycles. The summed E-state index contributed by atoms with van der Waals surface area (Å²) in [5.41, 5.74) is 5.33. The van der Waals surface area contributed by atoms with Crippen molar-refractivity contribution in [2.24, 2.45) is 5.10 Å². The predicted molar refractivity (Wildman–Crippen MR) is 114 cm³/mol. The van der Waals surface area contributed by atoms with E-state index >= 15 is 0 Å². The molecule has 0 aliphatic heterocycles. The number of fused-ring (bicyclic) bond motifs is 1. The molecule has 0 heterocycles. The van der Waals surface area contributed by atoms with Crippen LogP contribution >= 0.6 is 0 Å². The molecule has 3 aromatic rings. The maximum atomic E-state index is 12.3. The van der Waals surface area contributed by atoms with Gasteiger partial charge in [-0.15, -0.1) is 0 Å². The molecule has 0 saturated carbocycles. The van der Waals surface area contributed by atoms with E-state index in [-0.39, 0.29) is 5.91 Å². The van der Waals surface area contributed by atoms with Crippen LogP contribution in [0.4, 0.5) is 5.69 Å². The molecule has 0 radical (unpaired) electrons. The van der Waals surface area contributed by atoms with Crippen LogP contribution < -0.4 is 10.7 Å². The van der Waals surface area contributed by atoms with Crippen molar-refractivity contribution in [3.05, 3.63) is 84.4 Å². The van der Waals surface area contributed by atoms with Crippen molar-refractivity contribution in [1.82, 2.24) is 5.43 Å². The molecule has 0 fully saturated rings. The number of carbonyl (C=O) groups excluding carboxylic acids is 1. The molecule has 4 nitrogen and oxygen atoms in total. The summed E-state index contributed by atoms with van der Waals surface area (Å²) in [5, 5.41) is 9.66. The Hall–Kier alpha value is -3.40. The maximum absolute atomic E-state index is 12.3. The zero-order valence-electron chi connectivity index (χ0n) is 15.5. The molecule has 0 aliphatic rings. The lowest BCUT2D eigenvalue weighted by atomic mass is 10.1. The quantitative estimate of drug-likeness (QED) is 0.490. The van der Waals surface area contributed by atoms with E-state index in [1.165, 1.54) is 5.39 Å². The van der Waals surface area contributed by atoms with Crippen LogP contribution in [0, 0.1) is 0 Å². The van der Waals surface area contributed by atoms with Crippen LogP contribution in [0.5, 0.6) is 0 Å². The van der Waals surface area contributed by atoms with Gasteiger partial charge in [0.2, 0.25) is 0 Å². The lowest BCUT2D eigenvalue weighted by Gasteiger charge is -2.14. The molecule has 0 unspecified atom stereocenters. The largest absolute Gasteiger partial charge is 0.374 e. The number of carbonyl (C=O) groups is 1. The van der Waals surface area contributed by atoms with Crippen LogP contribution in [-0.4, -0.2) is 17.7 Å². The highest BCUT2D eigenvalue weighted by molar-refractivity contribution is 5.97. The Kier molecular flexibility index (Phi) is 6.00. The van der Waals surface area contributed by atoms with E-state index in [2.05, 4.69) is 28.0 Å². The van der Waals surface area contributed by atoms with Crippen LogP contribution in [0.3, 0.4) is 0 Å². The predicted octanol–water partition coefficient (Wildman–Crippen LogP) is 4.85. The second-order valence-electron chi connectivity index (χ2n) is 6.40. The molecule has 1 amide bonds. The monoisotopic (exact) mass is 357 g/mol. The fourth-order valence-corrected chi connectivity index (χ4v) is 2.65. The van der Waals surface area contributed by atoms with Gasteiger partial charge in [-0.05, 0) is 48.4 Å². The molecular formula is C23H23N3O. The number of hydrogen-bond acceptors (Lipinski definition) is 3. The first-order valence-corrected chi connectivity index (χ1v) is 8.94. The molecule has 1 atom stereocenters. The van der Waals surface area contributed by atoms with E-state index in [0.717, 1.165) is 22.3 Å². The van der Waals surface area contributed by atoms with Gasteiger partial charge in [-0.2, -0.15) is 5.10 Å². The summed E-state index contributed by atoms with van der Waals surface area (Å²) >= 11 is 0. The van der Waals surface area contributed by atoms with Gasteiger partial charge in [-0.3, -0.25) is 4.79 Å². The summed E-state index contributed by atoms with van der Waals surface area (Å²) in [6.07, 6.45) is 3.83. The molecule has 136 valence electrons. The minimum atomic E-state index is -0.402. The number of rotatable bonds is 6. The van der Waals surface area contributed by atoms with Gasteiger partial charge in [-0.25, -0.2) is 5.43 Å². The average Bonchev–Trinajstić information content (AvgIpc) is 2.71. The topological polar surface area (TPSA) is 53.5 Å². The Morgan fingerprint density at radius 1 is 0.963 bits per heavy atom. The fourth-order valence-electron chi connectivity index (χ4n) is 2.65. The first kappa shape index (κ1) is 18.4. The smallest absolute Gasteiger partial charge is 0.262 e. The number of allylic oxidation sites excluding steroid dienone is 1. The van der Waals surface area contributed by atoms with Crippen LogP contribution in [0.25, 0.3) is 16.8 Å². The zero-order chi connectivity index (χ0) is 19.1. The maximum Gasteiger partial charge on any atom is 0.262 e.